The maximum atomic E-state index is 11.5. The Morgan fingerprint density at radius 2 is 2.31 bits per heavy atom. The van der Waals surface area contributed by atoms with Gasteiger partial charge in [-0.05, 0) is 13.0 Å². The van der Waals surface area contributed by atoms with Crippen molar-refractivity contribution >= 4 is 17.4 Å². The Morgan fingerprint density at radius 3 is 2.94 bits per heavy atom. The van der Waals surface area contributed by atoms with Gasteiger partial charge in [0.05, 0.1) is 22.7 Å². The van der Waals surface area contributed by atoms with E-state index in [0.717, 1.165) is 0 Å². The van der Waals surface area contributed by atoms with Gasteiger partial charge in [0.25, 0.3) is 5.69 Å². The fraction of sp³-hybridized carbons (Fsp3) is 0.300. The Bertz CT molecular complexity index is 459. The number of anilines is 1. The standard InChI is InChI=1S/C10H11N3O3/c1-2-12-6-7-8(11-10(12)14)4-3-5-9(7)13(15)16/h3-5H,2,6H2,1H3,(H,11,14). The predicted molar refractivity (Wildman–Crippen MR) is 58.2 cm³/mol. The highest BCUT2D eigenvalue weighted by molar-refractivity contribution is 5.93. The number of carbonyl (C=O) groups excluding carboxylic acids is 1. The Morgan fingerprint density at radius 1 is 1.56 bits per heavy atom. The molecule has 84 valence electrons. The highest BCUT2D eigenvalue weighted by Gasteiger charge is 2.27. The Balaban J connectivity index is 2.47. The largest absolute Gasteiger partial charge is 0.322 e. The fourth-order valence-electron chi connectivity index (χ4n) is 1.74. The van der Waals surface area contributed by atoms with Crippen molar-refractivity contribution in [2.24, 2.45) is 0 Å². The first kappa shape index (κ1) is 10.4. The van der Waals surface area contributed by atoms with Gasteiger partial charge in [-0.15, -0.1) is 0 Å². The number of nitrogens with one attached hydrogen (secondary N) is 1. The van der Waals surface area contributed by atoms with Crippen LogP contribution in [0.4, 0.5) is 16.2 Å². The van der Waals surface area contributed by atoms with Crippen molar-refractivity contribution in [3.05, 3.63) is 33.9 Å². The molecule has 0 atom stereocenters. The second-order valence-electron chi connectivity index (χ2n) is 3.50. The van der Waals surface area contributed by atoms with Gasteiger partial charge in [-0.1, -0.05) is 6.07 Å². The van der Waals surface area contributed by atoms with E-state index in [-0.39, 0.29) is 18.3 Å². The summed E-state index contributed by atoms with van der Waals surface area (Å²) in [5.74, 6) is 0. The molecule has 16 heavy (non-hydrogen) atoms. The van der Waals surface area contributed by atoms with Crippen LogP contribution in [0.3, 0.4) is 0 Å². The summed E-state index contributed by atoms with van der Waals surface area (Å²) in [6, 6.07) is 4.48. The van der Waals surface area contributed by atoms with Crippen LogP contribution in [0, 0.1) is 10.1 Å². The molecule has 1 aromatic rings. The zero-order valence-corrected chi connectivity index (χ0v) is 8.77. The number of hydrogen-bond acceptors (Lipinski definition) is 3. The summed E-state index contributed by atoms with van der Waals surface area (Å²) in [6.07, 6.45) is 0. The van der Waals surface area contributed by atoms with Crippen molar-refractivity contribution in [3.63, 3.8) is 0 Å². The first-order valence-electron chi connectivity index (χ1n) is 4.95. The third-order valence-electron chi connectivity index (χ3n) is 2.61. The van der Waals surface area contributed by atoms with Crippen LogP contribution in [0.5, 0.6) is 0 Å². The zero-order valence-electron chi connectivity index (χ0n) is 8.77. The predicted octanol–water partition coefficient (Wildman–Crippen LogP) is 1.96. The number of carbonyl (C=O) groups is 1. The number of nitro benzene ring substituents is 1. The molecule has 0 bridgehead atoms. The van der Waals surface area contributed by atoms with E-state index in [1.54, 1.807) is 12.1 Å². The van der Waals surface area contributed by atoms with Crippen molar-refractivity contribution in [1.82, 2.24) is 4.90 Å². The number of nitro groups is 1. The van der Waals surface area contributed by atoms with E-state index in [1.165, 1.54) is 11.0 Å². The molecule has 1 aromatic carbocycles. The molecule has 1 aliphatic heterocycles. The van der Waals surface area contributed by atoms with Crippen molar-refractivity contribution in [2.75, 3.05) is 11.9 Å². The van der Waals surface area contributed by atoms with Crippen LogP contribution in [-0.2, 0) is 6.54 Å². The second-order valence-corrected chi connectivity index (χ2v) is 3.50. The van der Waals surface area contributed by atoms with Crippen molar-refractivity contribution in [1.29, 1.82) is 0 Å². The molecule has 2 rings (SSSR count). The van der Waals surface area contributed by atoms with Gasteiger partial charge in [-0.3, -0.25) is 10.1 Å². The van der Waals surface area contributed by atoms with Gasteiger partial charge in [-0.2, -0.15) is 0 Å². The molecule has 0 aliphatic carbocycles. The molecular weight excluding hydrogens is 210 g/mol. The molecule has 1 heterocycles. The minimum absolute atomic E-state index is 0.0518. The number of nitrogens with zero attached hydrogens (tertiary/aromatic N) is 2. The van der Waals surface area contributed by atoms with Gasteiger partial charge in [0.1, 0.15) is 0 Å². The smallest absolute Gasteiger partial charge is 0.320 e. The third kappa shape index (κ3) is 1.58. The van der Waals surface area contributed by atoms with Crippen LogP contribution < -0.4 is 5.32 Å². The third-order valence-corrected chi connectivity index (χ3v) is 2.61. The van der Waals surface area contributed by atoms with E-state index in [1.807, 2.05) is 6.92 Å². The van der Waals surface area contributed by atoms with E-state index in [0.29, 0.717) is 17.8 Å². The van der Waals surface area contributed by atoms with Crippen LogP contribution in [0.25, 0.3) is 0 Å². The van der Waals surface area contributed by atoms with Crippen LogP contribution in [0.15, 0.2) is 18.2 Å². The normalized spacial score (nSPS) is 14.3. The molecular formula is C10H11N3O3. The van der Waals surface area contributed by atoms with E-state index in [9.17, 15) is 14.9 Å². The summed E-state index contributed by atoms with van der Waals surface area (Å²) >= 11 is 0. The molecule has 0 fully saturated rings. The van der Waals surface area contributed by atoms with Gasteiger partial charge in [0, 0.05) is 12.6 Å². The lowest BCUT2D eigenvalue weighted by molar-refractivity contribution is -0.385. The lowest BCUT2D eigenvalue weighted by atomic mass is 10.1. The van der Waals surface area contributed by atoms with Gasteiger partial charge in [-0.25, -0.2) is 4.79 Å². The molecule has 0 spiro atoms. The minimum Gasteiger partial charge on any atom is -0.320 e. The van der Waals surface area contributed by atoms with Gasteiger partial charge in [0.2, 0.25) is 0 Å². The summed E-state index contributed by atoms with van der Waals surface area (Å²) in [7, 11) is 0. The average molecular weight is 221 g/mol. The summed E-state index contributed by atoms with van der Waals surface area (Å²) < 4.78 is 0. The molecule has 0 aromatic heterocycles. The monoisotopic (exact) mass is 221 g/mol. The number of rotatable bonds is 2. The molecule has 6 heteroatoms. The van der Waals surface area contributed by atoms with Crippen molar-refractivity contribution < 1.29 is 9.72 Å². The van der Waals surface area contributed by atoms with Gasteiger partial charge in [0.15, 0.2) is 0 Å². The quantitative estimate of drug-likeness (QED) is 0.612. The second kappa shape index (κ2) is 3.80. The van der Waals surface area contributed by atoms with Gasteiger partial charge >= 0.3 is 6.03 Å². The van der Waals surface area contributed by atoms with E-state index >= 15 is 0 Å². The molecule has 0 unspecified atom stereocenters. The first-order chi connectivity index (χ1) is 7.63. The molecule has 0 radical (unpaired) electrons. The maximum Gasteiger partial charge on any atom is 0.322 e. The molecule has 0 saturated heterocycles. The molecule has 2 amide bonds. The summed E-state index contributed by atoms with van der Waals surface area (Å²) in [5.41, 5.74) is 1.15. The van der Waals surface area contributed by atoms with E-state index < -0.39 is 4.92 Å². The van der Waals surface area contributed by atoms with Crippen LogP contribution in [0.1, 0.15) is 12.5 Å². The van der Waals surface area contributed by atoms with Crippen LogP contribution in [0.2, 0.25) is 0 Å². The number of hydrogen-bond donors (Lipinski definition) is 1. The lowest BCUT2D eigenvalue weighted by Gasteiger charge is -2.27. The maximum absolute atomic E-state index is 11.5. The fourth-order valence-corrected chi connectivity index (χ4v) is 1.74. The molecule has 1 N–H and O–H groups in total. The summed E-state index contributed by atoms with van der Waals surface area (Å²) in [6.45, 7) is 2.64. The lowest BCUT2D eigenvalue weighted by Crippen LogP contribution is -2.38. The molecule has 1 aliphatic rings. The van der Waals surface area contributed by atoms with Crippen LogP contribution >= 0.6 is 0 Å². The Kier molecular flexibility index (Phi) is 2.47. The minimum atomic E-state index is -0.426. The zero-order chi connectivity index (χ0) is 11.7. The van der Waals surface area contributed by atoms with Crippen molar-refractivity contribution in [3.8, 4) is 0 Å². The molecule has 0 saturated carbocycles. The topological polar surface area (TPSA) is 75.5 Å². The highest BCUT2D eigenvalue weighted by Crippen LogP contribution is 2.30. The van der Waals surface area contributed by atoms with Crippen molar-refractivity contribution in [2.45, 2.75) is 13.5 Å². The average Bonchev–Trinajstić information content (AvgIpc) is 2.26. The van der Waals surface area contributed by atoms with Crippen LogP contribution in [-0.4, -0.2) is 22.4 Å². The summed E-state index contributed by atoms with van der Waals surface area (Å²) in [5, 5.41) is 13.5. The number of fused-ring (bicyclic) bond motifs is 1. The number of amides is 2. The van der Waals surface area contributed by atoms with E-state index in [2.05, 4.69) is 5.32 Å². The number of urea groups is 1. The SMILES string of the molecule is CCN1Cc2c(cccc2[N+](=O)[O-])NC1=O. The number of benzene rings is 1. The highest BCUT2D eigenvalue weighted by atomic mass is 16.6. The molecule has 6 nitrogen and oxygen atoms in total. The Labute approximate surface area is 92.0 Å². The first-order valence-corrected chi connectivity index (χ1v) is 4.95. The van der Waals surface area contributed by atoms with E-state index in [4.69, 9.17) is 0 Å². The Hall–Kier alpha value is -2.11. The van der Waals surface area contributed by atoms with Gasteiger partial charge < -0.3 is 10.2 Å². The summed E-state index contributed by atoms with van der Waals surface area (Å²) in [4.78, 5) is 23.4.